The van der Waals surface area contributed by atoms with Gasteiger partial charge in [-0.3, -0.25) is 0 Å². The van der Waals surface area contributed by atoms with E-state index in [-0.39, 0.29) is 6.10 Å². The van der Waals surface area contributed by atoms with Crippen molar-refractivity contribution < 1.29 is 13.2 Å². The Morgan fingerprint density at radius 1 is 1.27 bits per heavy atom. The van der Waals surface area contributed by atoms with Crippen molar-refractivity contribution in [2.75, 3.05) is 39.8 Å². The van der Waals surface area contributed by atoms with Crippen LogP contribution in [0.3, 0.4) is 0 Å². The molecule has 0 aromatic heterocycles. The molecule has 1 heterocycles. The molecule has 0 radical (unpaired) electrons. The van der Waals surface area contributed by atoms with E-state index in [9.17, 15) is 8.42 Å². The van der Waals surface area contributed by atoms with E-state index in [1.807, 2.05) is 6.08 Å². The molecule has 2 rings (SSSR count). The van der Waals surface area contributed by atoms with Crippen LogP contribution in [0.1, 0.15) is 25.7 Å². The van der Waals surface area contributed by atoms with Gasteiger partial charge in [-0.2, -0.15) is 4.31 Å². The first kappa shape index (κ1) is 21.4. The lowest BCUT2D eigenvalue weighted by atomic mass is 10.1. The third-order valence-electron chi connectivity index (χ3n) is 4.58. The third-order valence-corrected chi connectivity index (χ3v) is 6.75. The number of piperidine rings is 1. The number of hydrogen-bond donors (Lipinski definition) is 0. The van der Waals surface area contributed by atoms with E-state index in [0.29, 0.717) is 23.0 Å². The smallest absolute Gasteiger partial charge is 0.243 e. The van der Waals surface area contributed by atoms with Gasteiger partial charge in [-0.15, -0.1) is 6.58 Å². The van der Waals surface area contributed by atoms with Gasteiger partial charge in [0.15, 0.2) is 0 Å². The molecule has 1 aromatic rings. The average Bonchev–Trinajstić information content (AvgIpc) is 2.62. The van der Waals surface area contributed by atoms with Crippen LogP contribution in [0.2, 0.25) is 5.02 Å². The minimum atomic E-state index is -3.44. The van der Waals surface area contributed by atoms with Crippen LogP contribution in [0.15, 0.2) is 41.8 Å². The van der Waals surface area contributed by atoms with Crippen molar-refractivity contribution in [3.05, 3.63) is 41.9 Å². The Balaban J connectivity index is 1.70. The predicted octanol–water partition coefficient (Wildman–Crippen LogP) is 3.41. The van der Waals surface area contributed by atoms with Gasteiger partial charge < -0.3 is 9.64 Å². The summed E-state index contributed by atoms with van der Waals surface area (Å²) < 4.78 is 32.8. The standard InChI is InChI=1S/C19H29ClN2O3S/c1-3-12-21(2)13-4-5-16-25-18-10-14-22(15-11-18)26(23,24)19-8-6-17(20)7-9-19/h3,6-9,18H,1,4-5,10-16H2,2H3. The predicted molar refractivity (Wildman–Crippen MR) is 106 cm³/mol. The minimum Gasteiger partial charge on any atom is -0.378 e. The highest BCUT2D eigenvalue weighted by atomic mass is 35.5. The van der Waals surface area contributed by atoms with Gasteiger partial charge in [0.2, 0.25) is 10.0 Å². The largest absolute Gasteiger partial charge is 0.378 e. The fourth-order valence-electron chi connectivity index (χ4n) is 3.04. The second-order valence-corrected chi connectivity index (χ2v) is 9.06. The van der Waals surface area contributed by atoms with Crippen molar-refractivity contribution in [2.24, 2.45) is 0 Å². The minimum absolute atomic E-state index is 0.151. The van der Waals surface area contributed by atoms with Gasteiger partial charge in [0.05, 0.1) is 11.0 Å². The number of likely N-dealkylation sites (N-methyl/N-ethyl adjacent to an activating group) is 1. The summed E-state index contributed by atoms with van der Waals surface area (Å²) in [6.45, 7) is 7.40. The highest BCUT2D eigenvalue weighted by molar-refractivity contribution is 7.89. The number of unbranched alkanes of at least 4 members (excludes halogenated alkanes) is 1. The van der Waals surface area contributed by atoms with Gasteiger partial charge in [0, 0.05) is 31.3 Å². The van der Waals surface area contributed by atoms with Crippen molar-refractivity contribution >= 4 is 21.6 Å². The molecular formula is C19H29ClN2O3S. The summed E-state index contributed by atoms with van der Waals surface area (Å²) in [4.78, 5) is 2.53. The fourth-order valence-corrected chi connectivity index (χ4v) is 4.64. The van der Waals surface area contributed by atoms with Crippen molar-refractivity contribution in [1.82, 2.24) is 9.21 Å². The molecule has 1 aromatic carbocycles. The lowest BCUT2D eigenvalue weighted by Crippen LogP contribution is -2.40. The average molecular weight is 401 g/mol. The zero-order valence-electron chi connectivity index (χ0n) is 15.4. The maximum atomic E-state index is 12.7. The van der Waals surface area contributed by atoms with Gasteiger partial charge in [0.25, 0.3) is 0 Å². The molecule has 0 saturated carbocycles. The van der Waals surface area contributed by atoms with E-state index in [1.165, 1.54) is 0 Å². The molecule has 7 heteroatoms. The van der Waals surface area contributed by atoms with Gasteiger partial charge in [-0.05, 0) is 63.5 Å². The second-order valence-electron chi connectivity index (χ2n) is 6.69. The molecule has 5 nitrogen and oxygen atoms in total. The molecule has 0 N–H and O–H groups in total. The first-order valence-corrected chi connectivity index (χ1v) is 10.9. The molecule has 0 unspecified atom stereocenters. The van der Waals surface area contributed by atoms with Crippen LogP contribution in [0, 0.1) is 0 Å². The Labute approximate surface area is 162 Å². The monoisotopic (exact) mass is 400 g/mol. The first-order chi connectivity index (χ1) is 12.4. The van der Waals surface area contributed by atoms with Crippen LogP contribution in [-0.2, 0) is 14.8 Å². The summed E-state index contributed by atoms with van der Waals surface area (Å²) in [5.41, 5.74) is 0. The number of hydrogen-bond acceptors (Lipinski definition) is 4. The number of benzene rings is 1. The second kappa shape index (κ2) is 10.4. The van der Waals surface area contributed by atoms with E-state index >= 15 is 0 Å². The maximum absolute atomic E-state index is 12.7. The number of ether oxygens (including phenoxy) is 1. The fraction of sp³-hybridized carbons (Fsp3) is 0.579. The first-order valence-electron chi connectivity index (χ1n) is 9.10. The molecule has 0 amide bonds. The highest BCUT2D eigenvalue weighted by Gasteiger charge is 2.29. The molecule has 1 aliphatic rings. The quantitative estimate of drug-likeness (QED) is 0.446. The summed E-state index contributed by atoms with van der Waals surface area (Å²) in [5, 5.41) is 0.534. The summed E-state index contributed by atoms with van der Waals surface area (Å²) in [6, 6.07) is 6.33. The number of halogens is 1. The molecule has 1 saturated heterocycles. The van der Waals surface area contributed by atoms with Crippen LogP contribution in [0.4, 0.5) is 0 Å². The van der Waals surface area contributed by atoms with Crippen LogP contribution < -0.4 is 0 Å². The van der Waals surface area contributed by atoms with Crippen molar-refractivity contribution in [3.8, 4) is 0 Å². The Bertz CT molecular complexity index is 656. The molecule has 1 aliphatic heterocycles. The molecule has 0 spiro atoms. The van der Waals surface area contributed by atoms with Crippen molar-refractivity contribution in [1.29, 1.82) is 0 Å². The number of rotatable bonds is 10. The van der Waals surface area contributed by atoms with Gasteiger partial charge in [-0.1, -0.05) is 17.7 Å². The van der Waals surface area contributed by atoms with Crippen LogP contribution in [-0.4, -0.2) is 63.6 Å². The van der Waals surface area contributed by atoms with E-state index in [4.69, 9.17) is 16.3 Å². The van der Waals surface area contributed by atoms with Crippen molar-refractivity contribution in [3.63, 3.8) is 0 Å². The molecule has 0 aliphatic carbocycles. The van der Waals surface area contributed by atoms with E-state index in [2.05, 4.69) is 18.5 Å². The summed E-state index contributed by atoms with van der Waals surface area (Å²) in [7, 11) is -1.36. The lowest BCUT2D eigenvalue weighted by Gasteiger charge is -2.31. The van der Waals surface area contributed by atoms with Crippen LogP contribution >= 0.6 is 11.6 Å². The Morgan fingerprint density at radius 3 is 2.54 bits per heavy atom. The number of sulfonamides is 1. The number of nitrogens with zero attached hydrogens (tertiary/aromatic N) is 2. The lowest BCUT2D eigenvalue weighted by molar-refractivity contribution is 0.0188. The van der Waals surface area contributed by atoms with Crippen LogP contribution in [0.25, 0.3) is 0 Å². The highest BCUT2D eigenvalue weighted by Crippen LogP contribution is 2.23. The van der Waals surface area contributed by atoms with Gasteiger partial charge >= 0.3 is 0 Å². The topological polar surface area (TPSA) is 49.9 Å². The van der Waals surface area contributed by atoms with E-state index < -0.39 is 10.0 Å². The van der Waals surface area contributed by atoms with Crippen LogP contribution in [0.5, 0.6) is 0 Å². The Morgan fingerprint density at radius 2 is 1.92 bits per heavy atom. The molecule has 0 bridgehead atoms. The zero-order valence-corrected chi connectivity index (χ0v) is 17.0. The molecule has 0 atom stereocenters. The molecule has 1 fully saturated rings. The molecular weight excluding hydrogens is 372 g/mol. The normalized spacial score (nSPS) is 16.9. The molecule has 146 valence electrons. The van der Waals surface area contributed by atoms with E-state index in [0.717, 1.165) is 45.4 Å². The SMILES string of the molecule is C=CCN(C)CCCCOC1CCN(S(=O)(=O)c2ccc(Cl)cc2)CC1. The van der Waals surface area contributed by atoms with Gasteiger partial charge in [-0.25, -0.2) is 8.42 Å². The zero-order chi connectivity index (χ0) is 19.0. The maximum Gasteiger partial charge on any atom is 0.243 e. The summed E-state index contributed by atoms with van der Waals surface area (Å²) >= 11 is 5.84. The van der Waals surface area contributed by atoms with Gasteiger partial charge in [0.1, 0.15) is 0 Å². The summed E-state index contributed by atoms with van der Waals surface area (Å²) in [5.74, 6) is 0. The summed E-state index contributed by atoms with van der Waals surface area (Å²) in [6.07, 6.45) is 5.64. The Kier molecular flexibility index (Phi) is 8.57. The van der Waals surface area contributed by atoms with Crippen molar-refractivity contribution in [2.45, 2.75) is 36.7 Å². The Hall–Kier alpha value is -0.920. The molecule has 26 heavy (non-hydrogen) atoms. The van der Waals surface area contributed by atoms with E-state index in [1.54, 1.807) is 28.6 Å². The third kappa shape index (κ3) is 6.35.